The van der Waals surface area contributed by atoms with Gasteiger partial charge >= 0.3 is 0 Å². The Hall–Kier alpha value is -1.02. The predicted molar refractivity (Wildman–Crippen MR) is 66.8 cm³/mol. The van der Waals surface area contributed by atoms with E-state index >= 15 is 0 Å². The summed E-state index contributed by atoms with van der Waals surface area (Å²) in [5.41, 5.74) is 8.75. The summed E-state index contributed by atoms with van der Waals surface area (Å²) in [4.78, 5) is 0. The van der Waals surface area contributed by atoms with Crippen LogP contribution in [-0.2, 0) is 0 Å². The van der Waals surface area contributed by atoms with Crippen molar-refractivity contribution < 1.29 is 4.74 Å². The molecule has 2 unspecified atom stereocenters. The highest BCUT2D eigenvalue weighted by molar-refractivity contribution is 5.44. The van der Waals surface area contributed by atoms with Crippen LogP contribution >= 0.6 is 0 Å². The molecule has 1 aliphatic rings. The van der Waals surface area contributed by atoms with Gasteiger partial charge in [-0.3, -0.25) is 0 Å². The normalized spacial score (nSPS) is 26.6. The number of aryl methyl sites for hydroxylation is 1. The molecule has 0 bridgehead atoms. The predicted octanol–water partition coefficient (Wildman–Crippen LogP) is 2.70. The van der Waals surface area contributed by atoms with Gasteiger partial charge in [0.05, 0.1) is 7.11 Å². The van der Waals surface area contributed by atoms with Gasteiger partial charge in [0.1, 0.15) is 5.75 Å². The molecule has 1 aromatic carbocycles. The van der Waals surface area contributed by atoms with Crippen LogP contribution in [0.4, 0.5) is 0 Å². The first kappa shape index (κ1) is 11.5. The van der Waals surface area contributed by atoms with E-state index in [4.69, 9.17) is 10.5 Å². The lowest BCUT2D eigenvalue weighted by atomic mass is 10.0. The van der Waals surface area contributed by atoms with Crippen LogP contribution < -0.4 is 10.5 Å². The Balaban J connectivity index is 2.38. The van der Waals surface area contributed by atoms with Gasteiger partial charge in [0.25, 0.3) is 0 Å². The van der Waals surface area contributed by atoms with E-state index in [9.17, 15) is 0 Å². The third kappa shape index (κ3) is 1.61. The Morgan fingerprint density at radius 3 is 2.56 bits per heavy atom. The Morgan fingerprint density at radius 2 is 2.06 bits per heavy atom. The summed E-state index contributed by atoms with van der Waals surface area (Å²) >= 11 is 0. The molecule has 88 valence electrons. The van der Waals surface area contributed by atoms with Crippen LogP contribution in [0.25, 0.3) is 0 Å². The van der Waals surface area contributed by atoms with E-state index < -0.39 is 0 Å². The summed E-state index contributed by atoms with van der Waals surface area (Å²) in [6.07, 6.45) is 0. The van der Waals surface area contributed by atoms with Gasteiger partial charge in [-0.05, 0) is 42.3 Å². The molecule has 1 fully saturated rings. The van der Waals surface area contributed by atoms with Gasteiger partial charge in [0.15, 0.2) is 0 Å². The average molecular weight is 219 g/mol. The van der Waals surface area contributed by atoms with Crippen LogP contribution in [0, 0.1) is 18.3 Å². The molecule has 0 heterocycles. The standard InChI is InChI=1S/C14H21NO/c1-9-5-6-12(16-4)10(7-9)13-11(8-15)14(13,2)3/h5-7,11,13H,8,15H2,1-4H3. The number of ether oxygens (including phenoxy) is 1. The second kappa shape index (κ2) is 3.77. The topological polar surface area (TPSA) is 35.2 Å². The van der Waals surface area contributed by atoms with Crippen molar-refractivity contribution in [1.82, 2.24) is 0 Å². The minimum Gasteiger partial charge on any atom is -0.496 e. The van der Waals surface area contributed by atoms with Crippen molar-refractivity contribution in [2.75, 3.05) is 13.7 Å². The minimum atomic E-state index is 0.315. The van der Waals surface area contributed by atoms with E-state index in [0.29, 0.717) is 17.3 Å². The molecule has 0 radical (unpaired) electrons. The Labute approximate surface area is 97.8 Å². The first-order chi connectivity index (χ1) is 7.52. The van der Waals surface area contributed by atoms with Crippen LogP contribution in [-0.4, -0.2) is 13.7 Å². The Bertz CT molecular complexity index is 398. The van der Waals surface area contributed by atoms with Gasteiger partial charge in [-0.15, -0.1) is 0 Å². The maximum Gasteiger partial charge on any atom is 0.122 e. The number of rotatable bonds is 3. The molecule has 2 rings (SSSR count). The second-order valence-corrected chi connectivity index (χ2v) is 5.39. The molecule has 2 atom stereocenters. The third-order valence-electron chi connectivity index (χ3n) is 4.02. The summed E-state index contributed by atoms with van der Waals surface area (Å²) in [6, 6.07) is 6.39. The second-order valence-electron chi connectivity index (χ2n) is 5.39. The highest BCUT2D eigenvalue weighted by Crippen LogP contribution is 2.65. The molecule has 2 heteroatoms. The molecule has 2 N–H and O–H groups in total. The molecule has 0 spiro atoms. The fourth-order valence-corrected chi connectivity index (χ4v) is 2.90. The molecular formula is C14H21NO. The Kier molecular flexibility index (Phi) is 2.70. The molecular weight excluding hydrogens is 198 g/mol. The van der Waals surface area contributed by atoms with E-state index in [1.807, 2.05) is 0 Å². The molecule has 1 saturated carbocycles. The molecule has 0 amide bonds. The summed E-state index contributed by atoms with van der Waals surface area (Å²) in [7, 11) is 1.74. The zero-order chi connectivity index (χ0) is 11.9. The summed E-state index contributed by atoms with van der Waals surface area (Å²) < 4.78 is 5.45. The van der Waals surface area contributed by atoms with E-state index in [-0.39, 0.29) is 0 Å². The van der Waals surface area contributed by atoms with Crippen molar-refractivity contribution in [3.63, 3.8) is 0 Å². The molecule has 0 aromatic heterocycles. The van der Waals surface area contributed by atoms with Crippen LogP contribution in [0.3, 0.4) is 0 Å². The van der Waals surface area contributed by atoms with Gasteiger partial charge in [-0.1, -0.05) is 31.5 Å². The third-order valence-corrected chi connectivity index (χ3v) is 4.02. The first-order valence-electron chi connectivity index (χ1n) is 5.87. The van der Waals surface area contributed by atoms with Crippen molar-refractivity contribution in [2.24, 2.45) is 17.1 Å². The highest BCUT2D eigenvalue weighted by atomic mass is 16.5. The van der Waals surface area contributed by atoms with E-state index in [2.05, 4.69) is 39.0 Å². The number of methoxy groups -OCH3 is 1. The summed E-state index contributed by atoms with van der Waals surface area (Å²) in [5.74, 6) is 2.13. The first-order valence-corrected chi connectivity index (χ1v) is 5.87. The molecule has 1 aliphatic carbocycles. The summed E-state index contributed by atoms with van der Waals surface area (Å²) in [6.45, 7) is 7.46. The van der Waals surface area contributed by atoms with Crippen LogP contribution in [0.2, 0.25) is 0 Å². The molecule has 1 aromatic rings. The van der Waals surface area contributed by atoms with Crippen molar-refractivity contribution in [1.29, 1.82) is 0 Å². The zero-order valence-electron chi connectivity index (χ0n) is 10.6. The quantitative estimate of drug-likeness (QED) is 0.848. The maximum absolute atomic E-state index is 5.83. The molecule has 0 aliphatic heterocycles. The van der Waals surface area contributed by atoms with Crippen molar-refractivity contribution in [3.05, 3.63) is 29.3 Å². The summed E-state index contributed by atoms with van der Waals surface area (Å²) in [5, 5.41) is 0. The van der Waals surface area contributed by atoms with E-state index in [1.54, 1.807) is 7.11 Å². The molecule has 0 saturated heterocycles. The molecule has 2 nitrogen and oxygen atoms in total. The van der Waals surface area contributed by atoms with E-state index in [1.165, 1.54) is 11.1 Å². The van der Waals surface area contributed by atoms with Gasteiger partial charge in [-0.2, -0.15) is 0 Å². The fraction of sp³-hybridized carbons (Fsp3) is 0.571. The zero-order valence-corrected chi connectivity index (χ0v) is 10.6. The van der Waals surface area contributed by atoms with E-state index in [0.717, 1.165) is 12.3 Å². The van der Waals surface area contributed by atoms with Crippen molar-refractivity contribution in [3.8, 4) is 5.75 Å². The maximum atomic E-state index is 5.83. The van der Waals surface area contributed by atoms with Crippen LogP contribution in [0.1, 0.15) is 30.9 Å². The number of hydrogen-bond donors (Lipinski definition) is 1. The lowest BCUT2D eigenvalue weighted by molar-refractivity contribution is 0.407. The van der Waals surface area contributed by atoms with Crippen molar-refractivity contribution in [2.45, 2.75) is 26.7 Å². The SMILES string of the molecule is COc1ccc(C)cc1C1C(CN)C1(C)C. The lowest BCUT2D eigenvalue weighted by Crippen LogP contribution is -2.05. The lowest BCUT2D eigenvalue weighted by Gasteiger charge is -2.10. The molecule has 16 heavy (non-hydrogen) atoms. The largest absolute Gasteiger partial charge is 0.496 e. The van der Waals surface area contributed by atoms with Gasteiger partial charge in [0, 0.05) is 0 Å². The minimum absolute atomic E-state index is 0.315. The average Bonchev–Trinajstić information content (AvgIpc) is 2.80. The number of hydrogen-bond acceptors (Lipinski definition) is 2. The van der Waals surface area contributed by atoms with Crippen LogP contribution in [0.5, 0.6) is 5.75 Å². The van der Waals surface area contributed by atoms with Gasteiger partial charge in [0.2, 0.25) is 0 Å². The number of benzene rings is 1. The van der Waals surface area contributed by atoms with Gasteiger partial charge < -0.3 is 10.5 Å². The number of nitrogens with two attached hydrogens (primary N) is 1. The van der Waals surface area contributed by atoms with Crippen molar-refractivity contribution >= 4 is 0 Å². The smallest absolute Gasteiger partial charge is 0.122 e. The Morgan fingerprint density at radius 1 is 1.38 bits per heavy atom. The van der Waals surface area contributed by atoms with Crippen LogP contribution in [0.15, 0.2) is 18.2 Å². The monoisotopic (exact) mass is 219 g/mol. The highest BCUT2D eigenvalue weighted by Gasteiger charge is 2.58. The van der Waals surface area contributed by atoms with Gasteiger partial charge in [-0.25, -0.2) is 0 Å². The fourth-order valence-electron chi connectivity index (χ4n) is 2.90.